The van der Waals surface area contributed by atoms with Crippen molar-refractivity contribution in [2.75, 3.05) is 13.2 Å². The standard InChI is InChI=1S/C83H159NO5/c1-3-5-7-9-11-13-15-17-19-21-22-23-24-31-34-37-40-44-47-51-55-59-63-67-71-75-81(86)80(79-85)84-82(87)76-72-68-64-60-56-52-48-45-41-38-35-32-29-27-25-26-28-30-33-36-39-42-46-50-54-58-62-66-70-74-78-89-83(88)77-73-69-65-61-57-53-49-43-20-18-16-14-12-10-8-6-4-2/h18,20,26,28,71,75,80-81,85-86H,3-17,19,21-25,27,29-70,72-74,76-79H2,1-2H3,(H,84,87)/b20-18-,28-26-,75-71+. The first kappa shape index (κ1) is 87.1. The van der Waals surface area contributed by atoms with E-state index in [0.29, 0.717) is 19.4 Å². The number of unbranched alkanes of at least 4 members (excludes halogenated alkanes) is 62. The van der Waals surface area contributed by atoms with Crippen LogP contribution in [0.3, 0.4) is 0 Å². The predicted molar refractivity (Wildman–Crippen MR) is 393 cm³/mol. The third-order valence-corrected chi connectivity index (χ3v) is 19.1. The molecule has 2 unspecified atom stereocenters. The zero-order valence-electron chi connectivity index (χ0n) is 60.4. The average molecular weight is 1250 g/mol. The Morgan fingerprint density at radius 2 is 0.528 bits per heavy atom. The van der Waals surface area contributed by atoms with Crippen LogP contribution in [-0.2, 0) is 14.3 Å². The molecule has 0 aliphatic rings. The largest absolute Gasteiger partial charge is 0.466 e. The molecule has 0 aromatic carbocycles. The van der Waals surface area contributed by atoms with E-state index in [1.54, 1.807) is 6.08 Å². The lowest BCUT2D eigenvalue weighted by Crippen LogP contribution is -2.45. The number of carbonyl (C=O) groups is 2. The van der Waals surface area contributed by atoms with E-state index in [0.717, 1.165) is 44.9 Å². The summed E-state index contributed by atoms with van der Waals surface area (Å²) in [5, 5.41) is 23.3. The maximum atomic E-state index is 12.6. The van der Waals surface area contributed by atoms with Crippen LogP contribution in [0.1, 0.15) is 457 Å². The summed E-state index contributed by atoms with van der Waals surface area (Å²) in [6.45, 7) is 4.95. The number of carbonyl (C=O) groups excluding carboxylic acids is 2. The Hall–Kier alpha value is -1.92. The maximum Gasteiger partial charge on any atom is 0.305 e. The van der Waals surface area contributed by atoms with Crippen molar-refractivity contribution >= 4 is 11.9 Å². The molecule has 0 saturated heterocycles. The minimum absolute atomic E-state index is 0.0144. The molecule has 0 aliphatic heterocycles. The summed E-state index contributed by atoms with van der Waals surface area (Å²) in [6.07, 6.45) is 103. The van der Waals surface area contributed by atoms with Gasteiger partial charge in [-0.25, -0.2) is 0 Å². The molecule has 526 valence electrons. The minimum atomic E-state index is -0.846. The van der Waals surface area contributed by atoms with Crippen LogP contribution in [-0.4, -0.2) is 47.4 Å². The molecular formula is C83H159NO5. The second kappa shape index (κ2) is 78.5. The number of amides is 1. The van der Waals surface area contributed by atoms with Crippen LogP contribution in [0.5, 0.6) is 0 Å². The van der Waals surface area contributed by atoms with E-state index in [-0.39, 0.29) is 18.5 Å². The predicted octanol–water partition coefficient (Wildman–Crippen LogP) is 27.0. The molecule has 0 aromatic heterocycles. The summed E-state index contributed by atoms with van der Waals surface area (Å²) in [4.78, 5) is 24.7. The summed E-state index contributed by atoms with van der Waals surface area (Å²) in [5.74, 6) is -0.0469. The van der Waals surface area contributed by atoms with Crippen LogP contribution >= 0.6 is 0 Å². The molecular weight excluding hydrogens is 1090 g/mol. The van der Waals surface area contributed by atoms with E-state index in [1.165, 1.54) is 385 Å². The summed E-state index contributed by atoms with van der Waals surface area (Å²) in [5.41, 5.74) is 0. The van der Waals surface area contributed by atoms with E-state index >= 15 is 0 Å². The Morgan fingerprint density at radius 1 is 0.303 bits per heavy atom. The molecule has 0 radical (unpaired) electrons. The number of hydrogen-bond donors (Lipinski definition) is 3. The number of aliphatic hydroxyl groups is 2. The van der Waals surface area contributed by atoms with Crippen molar-refractivity contribution in [3.63, 3.8) is 0 Å². The van der Waals surface area contributed by atoms with Crippen LogP contribution in [0.25, 0.3) is 0 Å². The van der Waals surface area contributed by atoms with Gasteiger partial charge in [0.25, 0.3) is 0 Å². The highest BCUT2D eigenvalue weighted by atomic mass is 16.5. The first-order chi connectivity index (χ1) is 44.0. The average Bonchev–Trinajstić information content (AvgIpc) is 3.60. The molecule has 0 rings (SSSR count). The highest BCUT2D eigenvalue weighted by molar-refractivity contribution is 5.76. The van der Waals surface area contributed by atoms with Crippen molar-refractivity contribution in [1.82, 2.24) is 5.32 Å². The van der Waals surface area contributed by atoms with E-state index in [2.05, 4.69) is 43.5 Å². The van der Waals surface area contributed by atoms with Crippen molar-refractivity contribution < 1.29 is 24.5 Å². The number of hydrogen-bond acceptors (Lipinski definition) is 5. The van der Waals surface area contributed by atoms with Crippen molar-refractivity contribution in [2.45, 2.75) is 469 Å². The summed E-state index contributed by atoms with van der Waals surface area (Å²) in [7, 11) is 0. The zero-order valence-corrected chi connectivity index (χ0v) is 60.4. The lowest BCUT2D eigenvalue weighted by Gasteiger charge is -2.20. The van der Waals surface area contributed by atoms with Gasteiger partial charge in [0.15, 0.2) is 0 Å². The zero-order chi connectivity index (χ0) is 64.2. The number of ether oxygens (including phenoxy) is 1. The number of allylic oxidation sites excluding steroid dienone is 5. The van der Waals surface area contributed by atoms with E-state index in [1.807, 2.05) is 6.08 Å². The molecule has 3 N–H and O–H groups in total. The van der Waals surface area contributed by atoms with Crippen LogP contribution in [0.2, 0.25) is 0 Å². The van der Waals surface area contributed by atoms with Gasteiger partial charge in [-0.2, -0.15) is 0 Å². The van der Waals surface area contributed by atoms with Gasteiger partial charge in [-0.15, -0.1) is 0 Å². The van der Waals surface area contributed by atoms with Gasteiger partial charge in [0, 0.05) is 12.8 Å². The topological polar surface area (TPSA) is 95.9 Å². The molecule has 0 aromatic rings. The Labute approximate surface area is 557 Å². The van der Waals surface area contributed by atoms with Crippen LogP contribution in [0.15, 0.2) is 36.5 Å². The van der Waals surface area contributed by atoms with Gasteiger partial charge in [0.05, 0.1) is 25.4 Å². The summed E-state index contributed by atoms with van der Waals surface area (Å²) >= 11 is 0. The van der Waals surface area contributed by atoms with Gasteiger partial charge < -0.3 is 20.3 Å². The van der Waals surface area contributed by atoms with Gasteiger partial charge in [-0.05, 0) is 83.5 Å². The Kier molecular flexibility index (Phi) is 76.8. The molecule has 89 heavy (non-hydrogen) atoms. The fourth-order valence-electron chi connectivity index (χ4n) is 12.9. The molecule has 0 spiro atoms. The monoisotopic (exact) mass is 1250 g/mol. The summed E-state index contributed by atoms with van der Waals surface area (Å²) < 4.78 is 5.51. The van der Waals surface area contributed by atoms with Gasteiger partial charge >= 0.3 is 5.97 Å². The normalized spacial score (nSPS) is 12.6. The Bertz CT molecular complexity index is 1440. The van der Waals surface area contributed by atoms with Gasteiger partial charge in [-0.3, -0.25) is 9.59 Å². The molecule has 1 amide bonds. The molecule has 2 atom stereocenters. The molecule has 0 heterocycles. The first-order valence-electron chi connectivity index (χ1n) is 40.8. The lowest BCUT2D eigenvalue weighted by atomic mass is 10.0. The molecule has 0 aliphatic carbocycles. The number of esters is 1. The lowest BCUT2D eigenvalue weighted by molar-refractivity contribution is -0.143. The quantitative estimate of drug-likeness (QED) is 0.0320. The van der Waals surface area contributed by atoms with Crippen molar-refractivity contribution in [1.29, 1.82) is 0 Å². The minimum Gasteiger partial charge on any atom is -0.466 e. The second-order valence-corrected chi connectivity index (χ2v) is 28.1. The first-order valence-corrected chi connectivity index (χ1v) is 40.8. The van der Waals surface area contributed by atoms with Crippen LogP contribution in [0, 0.1) is 0 Å². The summed E-state index contributed by atoms with van der Waals surface area (Å²) in [6, 6.07) is -0.629. The molecule has 6 heteroatoms. The number of aliphatic hydroxyl groups excluding tert-OH is 2. The third-order valence-electron chi connectivity index (χ3n) is 19.1. The Balaban J connectivity index is 3.39. The van der Waals surface area contributed by atoms with Crippen LogP contribution in [0.4, 0.5) is 0 Å². The van der Waals surface area contributed by atoms with Crippen molar-refractivity contribution in [2.24, 2.45) is 0 Å². The fraction of sp³-hybridized carbons (Fsp3) is 0.904. The highest BCUT2D eigenvalue weighted by Crippen LogP contribution is 2.20. The molecule has 0 fully saturated rings. The SMILES string of the molecule is CCCCCCCC/C=C\CCCCCCCCCC(=O)OCCCCCCCCCCCCCC/C=C\CCCCCCCCCCCCCCCCC(=O)NC(CO)C(O)/C=C/CCCCCCCCCCCCCCCCCCCCCCCCC. The van der Waals surface area contributed by atoms with Gasteiger partial charge in [0.1, 0.15) is 0 Å². The number of rotatable bonds is 77. The van der Waals surface area contributed by atoms with E-state index in [9.17, 15) is 19.8 Å². The number of nitrogens with one attached hydrogen (secondary N) is 1. The van der Waals surface area contributed by atoms with E-state index < -0.39 is 12.1 Å². The fourth-order valence-corrected chi connectivity index (χ4v) is 12.9. The van der Waals surface area contributed by atoms with Crippen molar-refractivity contribution in [3.05, 3.63) is 36.5 Å². The molecule has 0 saturated carbocycles. The third kappa shape index (κ3) is 75.0. The van der Waals surface area contributed by atoms with Gasteiger partial charge in [0.2, 0.25) is 5.91 Å². The van der Waals surface area contributed by atoms with E-state index in [4.69, 9.17) is 4.74 Å². The maximum absolute atomic E-state index is 12.6. The van der Waals surface area contributed by atoms with Crippen molar-refractivity contribution in [3.8, 4) is 0 Å². The highest BCUT2D eigenvalue weighted by Gasteiger charge is 2.18. The smallest absolute Gasteiger partial charge is 0.305 e. The molecule has 6 nitrogen and oxygen atoms in total. The molecule has 0 bridgehead atoms. The van der Waals surface area contributed by atoms with Crippen LogP contribution < -0.4 is 5.32 Å². The Morgan fingerprint density at radius 3 is 0.798 bits per heavy atom. The second-order valence-electron chi connectivity index (χ2n) is 28.1. The van der Waals surface area contributed by atoms with Gasteiger partial charge in [-0.1, -0.05) is 397 Å².